The summed E-state index contributed by atoms with van der Waals surface area (Å²) in [5, 5.41) is 1.03. The molecule has 6 heteroatoms. The van der Waals surface area contributed by atoms with E-state index in [0.717, 1.165) is 49.1 Å². The van der Waals surface area contributed by atoms with Gasteiger partial charge in [-0.3, -0.25) is 19.7 Å². The third kappa shape index (κ3) is 5.80. The van der Waals surface area contributed by atoms with Crippen LogP contribution in [-0.4, -0.2) is 39.1 Å². The Kier molecular flexibility index (Phi) is 7.25. The molecule has 0 fully saturated rings. The molecule has 0 amide bonds. The van der Waals surface area contributed by atoms with Crippen LogP contribution in [0.1, 0.15) is 17.5 Å². The van der Waals surface area contributed by atoms with Gasteiger partial charge in [0.15, 0.2) is 0 Å². The smallest absolute Gasteiger partial charge is 0.250 e. The third-order valence-electron chi connectivity index (χ3n) is 5.58. The van der Waals surface area contributed by atoms with Crippen LogP contribution >= 0.6 is 0 Å². The molecule has 0 aliphatic heterocycles. The topological polar surface area (TPSA) is 60.2 Å². The van der Waals surface area contributed by atoms with Gasteiger partial charge in [0.25, 0.3) is 5.56 Å². The molecule has 164 valence electrons. The predicted octanol–water partition coefficient (Wildman–Crippen LogP) is 3.84. The van der Waals surface area contributed by atoms with Gasteiger partial charge in [-0.15, -0.1) is 0 Å². The largest absolute Gasteiger partial charge is 0.493 e. The molecule has 0 saturated heterocycles. The van der Waals surface area contributed by atoms with Gasteiger partial charge in [0, 0.05) is 63.6 Å². The second kappa shape index (κ2) is 10.7. The molecule has 0 spiro atoms. The van der Waals surface area contributed by atoms with E-state index < -0.39 is 0 Å². The highest BCUT2D eigenvalue weighted by molar-refractivity contribution is 5.80. The summed E-state index contributed by atoms with van der Waals surface area (Å²) in [5.41, 5.74) is 3.36. The lowest BCUT2D eigenvalue weighted by molar-refractivity contribution is 0.230. The normalized spacial score (nSPS) is 11.2. The van der Waals surface area contributed by atoms with Crippen molar-refractivity contribution in [2.45, 2.75) is 19.4 Å². The molecule has 1 aromatic carbocycles. The minimum absolute atomic E-state index is 0.0185. The van der Waals surface area contributed by atoms with E-state index in [1.165, 1.54) is 11.1 Å². The predicted molar refractivity (Wildman–Crippen MR) is 127 cm³/mol. The molecule has 4 aromatic rings. The van der Waals surface area contributed by atoms with Crippen LogP contribution in [0.2, 0.25) is 0 Å². The fourth-order valence-electron chi connectivity index (χ4n) is 3.76. The Morgan fingerprint density at radius 1 is 0.938 bits per heavy atom. The Morgan fingerprint density at radius 3 is 2.59 bits per heavy atom. The SMILES string of the molecule is Cn1c(=O)ccc2ccc(OCCCN(CCc3cccnc3)Cc3ccncc3)cc21. The van der Waals surface area contributed by atoms with Crippen LogP contribution in [0.5, 0.6) is 5.75 Å². The quantitative estimate of drug-likeness (QED) is 0.359. The summed E-state index contributed by atoms with van der Waals surface area (Å²) >= 11 is 0. The Morgan fingerprint density at radius 2 is 1.78 bits per heavy atom. The zero-order valence-electron chi connectivity index (χ0n) is 18.4. The summed E-state index contributed by atoms with van der Waals surface area (Å²) in [4.78, 5) is 22.7. The average Bonchev–Trinajstić information content (AvgIpc) is 2.84. The van der Waals surface area contributed by atoms with E-state index in [1.54, 1.807) is 23.9 Å². The van der Waals surface area contributed by atoms with Crippen LogP contribution in [0, 0.1) is 0 Å². The number of hydrogen-bond acceptors (Lipinski definition) is 5. The molecule has 0 atom stereocenters. The van der Waals surface area contributed by atoms with Crippen molar-refractivity contribution in [1.82, 2.24) is 19.4 Å². The Bertz CT molecular complexity index is 1190. The molecule has 0 bridgehead atoms. The third-order valence-corrected chi connectivity index (χ3v) is 5.58. The van der Waals surface area contributed by atoms with Crippen LogP contribution in [-0.2, 0) is 20.0 Å². The molecule has 0 N–H and O–H groups in total. The molecule has 0 unspecified atom stereocenters. The molecule has 6 nitrogen and oxygen atoms in total. The van der Waals surface area contributed by atoms with Crippen molar-refractivity contribution in [2.24, 2.45) is 7.05 Å². The molecule has 3 heterocycles. The highest BCUT2D eigenvalue weighted by Gasteiger charge is 2.08. The van der Waals surface area contributed by atoms with Crippen LogP contribution in [0.3, 0.4) is 0 Å². The maximum atomic E-state index is 11.9. The summed E-state index contributed by atoms with van der Waals surface area (Å²) in [6, 6.07) is 17.6. The second-order valence-corrected chi connectivity index (χ2v) is 7.90. The van der Waals surface area contributed by atoms with E-state index in [1.807, 2.05) is 48.9 Å². The van der Waals surface area contributed by atoms with E-state index in [4.69, 9.17) is 4.74 Å². The van der Waals surface area contributed by atoms with Crippen molar-refractivity contribution in [1.29, 1.82) is 0 Å². The Hall–Kier alpha value is -3.51. The summed E-state index contributed by atoms with van der Waals surface area (Å²) in [6.07, 6.45) is 9.28. The van der Waals surface area contributed by atoms with Gasteiger partial charge >= 0.3 is 0 Å². The van der Waals surface area contributed by atoms with E-state index in [0.29, 0.717) is 6.61 Å². The van der Waals surface area contributed by atoms with Gasteiger partial charge in [0.2, 0.25) is 0 Å². The van der Waals surface area contributed by atoms with Crippen molar-refractivity contribution < 1.29 is 4.74 Å². The Balaban J connectivity index is 1.34. The first-order valence-electron chi connectivity index (χ1n) is 10.9. The second-order valence-electron chi connectivity index (χ2n) is 7.90. The molecule has 0 aliphatic carbocycles. The van der Waals surface area contributed by atoms with Crippen molar-refractivity contribution >= 4 is 10.9 Å². The number of rotatable bonds is 10. The fourth-order valence-corrected chi connectivity index (χ4v) is 3.76. The highest BCUT2D eigenvalue weighted by atomic mass is 16.5. The Labute approximate surface area is 188 Å². The van der Waals surface area contributed by atoms with E-state index in [-0.39, 0.29) is 5.56 Å². The van der Waals surface area contributed by atoms with Crippen molar-refractivity contribution in [3.05, 3.63) is 101 Å². The molecule has 0 radical (unpaired) electrons. The van der Waals surface area contributed by atoms with E-state index >= 15 is 0 Å². The molecular formula is C26H28N4O2. The van der Waals surface area contributed by atoms with Crippen LogP contribution in [0.4, 0.5) is 0 Å². The zero-order valence-corrected chi connectivity index (χ0v) is 18.4. The van der Waals surface area contributed by atoms with Gasteiger partial charge in [-0.25, -0.2) is 0 Å². The summed E-state index contributed by atoms with van der Waals surface area (Å²) < 4.78 is 7.66. The van der Waals surface area contributed by atoms with Crippen LogP contribution < -0.4 is 10.3 Å². The molecule has 0 aliphatic rings. The van der Waals surface area contributed by atoms with Gasteiger partial charge in [-0.2, -0.15) is 0 Å². The van der Waals surface area contributed by atoms with Crippen molar-refractivity contribution in [3.63, 3.8) is 0 Å². The number of aromatic nitrogens is 3. The minimum atomic E-state index is -0.0185. The molecule has 3 aromatic heterocycles. The van der Waals surface area contributed by atoms with Gasteiger partial charge in [0.05, 0.1) is 12.1 Å². The summed E-state index contributed by atoms with van der Waals surface area (Å²) in [7, 11) is 1.79. The summed E-state index contributed by atoms with van der Waals surface area (Å²) in [6.45, 7) is 3.37. The van der Waals surface area contributed by atoms with Crippen molar-refractivity contribution in [3.8, 4) is 5.75 Å². The number of hydrogen-bond donors (Lipinski definition) is 0. The lowest BCUT2D eigenvalue weighted by Gasteiger charge is -2.22. The standard InChI is InChI=1S/C26H28N4O2/c1-29-25-18-24(7-5-23(25)6-8-26(29)31)32-17-3-15-30(20-22-9-13-27-14-10-22)16-11-21-4-2-12-28-19-21/h2,4-10,12-14,18-19H,3,11,15-17,20H2,1H3. The monoisotopic (exact) mass is 428 g/mol. The zero-order chi connectivity index (χ0) is 22.2. The lowest BCUT2D eigenvalue weighted by atomic mass is 10.2. The maximum Gasteiger partial charge on any atom is 0.250 e. The first-order valence-corrected chi connectivity index (χ1v) is 10.9. The lowest BCUT2D eigenvalue weighted by Crippen LogP contribution is -2.28. The van der Waals surface area contributed by atoms with Crippen LogP contribution in [0.25, 0.3) is 10.9 Å². The van der Waals surface area contributed by atoms with Crippen LogP contribution in [0.15, 0.2) is 84.2 Å². The van der Waals surface area contributed by atoms with Gasteiger partial charge < -0.3 is 9.30 Å². The number of aryl methyl sites for hydroxylation is 1. The van der Waals surface area contributed by atoms with Crippen molar-refractivity contribution in [2.75, 3.05) is 19.7 Å². The number of pyridine rings is 3. The number of fused-ring (bicyclic) bond motifs is 1. The molecular weight excluding hydrogens is 400 g/mol. The number of benzene rings is 1. The molecule has 32 heavy (non-hydrogen) atoms. The maximum absolute atomic E-state index is 11.9. The van der Waals surface area contributed by atoms with Gasteiger partial charge in [-0.1, -0.05) is 6.07 Å². The van der Waals surface area contributed by atoms with E-state index in [9.17, 15) is 4.79 Å². The average molecular weight is 429 g/mol. The minimum Gasteiger partial charge on any atom is -0.493 e. The number of ether oxygens (including phenoxy) is 1. The fraction of sp³-hybridized carbons (Fsp3) is 0.269. The van der Waals surface area contributed by atoms with E-state index in [2.05, 4.69) is 33.1 Å². The number of nitrogens with zero attached hydrogens (tertiary/aromatic N) is 4. The first-order chi connectivity index (χ1) is 15.7. The van der Waals surface area contributed by atoms with Gasteiger partial charge in [0.1, 0.15) is 5.75 Å². The first kappa shape index (κ1) is 21.7. The van der Waals surface area contributed by atoms with Gasteiger partial charge in [-0.05, 0) is 65.8 Å². The highest BCUT2D eigenvalue weighted by Crippen LogP contribution is 2.19. The molecule has 4 rings (SSSR count). The summed E-state index contributed by atoms with van der Waals surface area (Å²) in [5.74, 6) is 0.787. The molecule has 0 saturated carbocycles.